The van der Waals surface area contributed by atoms with Gasteiger partial charge in [0.05, 0.1) is 11.5 Å². The minimum Gasteiger partial charge on any atom is -0.483 e. The van der Waals surface area contributed by atoms with Gasteiger partial charge in [0, 0.05) is 33.1 Å². The Morgan fingerprint density at radius 1 is 1.03 bits per heavy atom. The van der Waals surface area contributed by atoms with E-state index in [1.165, 1.54) is 4.90 Å². The summed E-state index contributed by atoms with van der Waals surface area (Å²) in [6.07, 6.45) is 0. The number of benzene rings is 2. The predicted octanol–water partition coefficient (Wildman–Crippen LogP) is 2.09. The van der Waals surface area contributed by atoms with Crippen LogP contribution in [0.5, 0.6) is 5.75 Å². The molecule has 0 unspecified atom stereocenters. The van der Waals surface area contributed by atoms with Crippen molar-refractivity contribution in [2.45, 2.75) is 5.92 Å². The lowest BCUT2D eigenvalue weighted by molar-refractivity contribution is -0.141. The Labute approximate surface area is 169 Å². The third kappa shape index (κ3) is 4.56. The van der Waals surface area contributed by atoms with Crippen molar-refractivity contribution in [2.24, 2.45) is 5.92 Å². The summed E-state index contributed by atoms with van der Waals surface area (Å²) in [5.41, 5.74) is 1.22. The summed E-state index contributed by atoms with van der Waals surface area (Å²) >= 11 is 0. The first-order chi connectivity index (χ1) is 13.9. The number of aliphatic carboxylic acids is 1. The van der Waals surface area contributed by atoms with E-state index in [1.54, 1.807) is 43.3 Å². The molecule has 2 aromatic carbocycles. The smallest absolute Gasteiger partial charge is 0.308 e. The third-order valence-electron chi connectivity index (χ3n) is 5.12. The Morgan fingerprint density at radius 3 is 2.34 bits per heavy atom. The molecule has 0 radical (unpaired) electrons. The Bertz CT molecular complexity index is 897. The number of para-hydroxylation sites is 1. The number of rotatable bonds is 6. The average Bonchev–Trinajstić information content (AvgIpc) is 3.18. The molecule has 0 aliphatic carbocycles. The van der Waals surface area contributed by atoms with Crippen LogP contribution in [0.3, 0.4) is 0 Å². The van der Waals surface area contributed by atoms with Crippen LogP contribution in [0.1, 0.15) is 21.8 Å². The van der Waals surface area contributed by atoms with Gasteiger partial charge < -0.3 is 19.6 Å². The average molecular weight is 396 g/mol. The lowest BCUT2D eigenvalue weighted by Gasteiger charge is -2.19. The highest BCUT2D eigenvalue weighted by Crippen LogP contribution is 2.34. The van der Waals surface area contributed by atoms with E-state index in [4.69, 9.17) is 4.74 Å². The molecule has 2 aromatic rings. The van der Waals surface area contributed by atoms with Crippen LogP contribution in [-0.4, -0.2) is 66.5 Å². The molecule has 0 aromatic heterocycles. The molecule has 0 bridgehead atoms. The van der Waals surface area contributed by atoms with Crippen molar-refractivity contribution in [3.8, 4) is 5.75 Å². The molecule has 1 N–H and O–H groups in total. The van der Waals surface area contributed by atoms with Crippen LogP contribution in [0, 0.1) is 5.92 Å². The van der Waals surface area contributed by atoms with Crippen LogP contribution in [0.15, 0.2) is 54.6 Å². The number of likely N-dealkylation sites (N-methyl/N-ethyl adjacent to an activating group) is 1. The van der Waals surface area contributed by atoms with Crippen molar-refractivity contribution in [1.29, 1.82) is 0 Å². The van der Waals surface area contributed by atoms with Crippen LogP contribution in [-0.2, 0) is 9.59 Å². The molecule has 3 rings (SSSR count). The standard InChI is InChI=1S/C22H24N2O5/c1-23(2)20(25)14-29-19-11-7-6-10-16(19)21(26)24-12-17(18(13-24)22(27)28)15-8-4-3-5-9-15/h3-11,17-18H,12-14H2,1-2H3,(H,27,28)/t17-,18-/m0/s1. The SMILES string of the molecule is CN(C)C(=O)COc1ccccc1C(=O)N1C[C@H](C(=O)O)[C@H](c2ccccc2)C1. The van der Waals surface area contributed by atoms with Crippen molar-refractivity contribution in [3.05, 3.63) is 65.7 Å². The first-order valence-electron chi connectivity index (χ1n) is 9.37. The van der Waals surface area contributed by atoms with Crippen LogP contribution in [0.25, 0.3) is 0 Å². The van der Waals surface area contributed by atoms with Gasteiger partial charge in [0.2, 0.25) is 0 Å². The number of amides is 2. The molecule has 0 saturated carbocycles. The highest BCUT2D eigenvalue weighted by Gasteiger charge is 2.41. The fraction of sp³-hybridized carbons (Fsp3) is 0.318. The number of nitrogens with zero attached hydrogens (tertiary/aromatic N) is 2. The predicted molar refractivity (Wildman–Crippen MR) is 107 cm³/mol. The summed E-state index contributed by atoms with van der Waals surface area (Å²) in [6, 6.07) is 16.1. The zero-order valence-electron chi connectivity index (χ0n) is 16.4. The molecular weight excluding hydrogens is 372 g/mol. The highest BCUT2D eigenvalue weighted by molar-refractivity contribution is 5.97. The summed E-state index contributed by atoms with van der Waals surface area (Å²) < 4.78 is 5.57. The first-order valence-corrected chi connectivity index (χ1v) is 9.37. The number of likely N-dealkylation sites (tertiary alicyclic amines) is 1. The van der Waals surface area contributed by atoms with Gasteiger partial charge in [0.1, 0.15) is 5.75 Å². The molecule has 1 aliphatic heterocycles. The first kappa shape index (κ1) is 20.4. The lowest BCUT2D eigenvalue weighted by atomic mass is 9.89. The van der Waals surface area contributed by atoms with Crippen molar-refractivity contribution in [2.75, 3.05) is 33.8 Å². The number of carbonyl (C=O) groups is 3. The quantitative estimate of drug-likeness (QED) is 0.808. The van der Waals surface area contributed by atoms with Crippen molar-refractivity contribution >= 4 is 17.8 Å². The largest absolute Gasteiger partial charge is 0.483 e. The van der Waals surface area contributed by atoms with Gasteiger partial charge in [-0.1, -0.05) is 42.5 Å². The summed E-state index contributed by atoms with van der Waals surface area (Å²) in [5.74, 6) is -2.09. The number of hydrogen-bond acceptors (Lipinski definition) is 4. The minimum atomic E-state index is -0.921. The Hall–Kier alpha value is -3.35. The van der Waals surface area contributed by atoms with Crippen molar-refractivity contribution < 1.29 is 24.2 Å². The van der Waals surface area contributed by atoms with E-state index in [0.29, 0.717) is 17.9 Å². The van der Waals surface area contributed by atoms with Crippen LogP contribution in [0.4, 0.5) is 0 Å². The molecule has 1 saturated heterocycles. The molecule has 152 valence electrons. The summed E-state index contributed by atoms with van der Waals surface area (Å²) in [7, 11) is 3.26. The third-order valence-corrected chi connectivity index (χ3v) is 5.12. The molecule has 1 fully saturated rings. The second-order valence-corrected chi connectivity index (χ2v) is 7.25. The molecule has 0 spiro atoms. The molecule has 1 aliphatic rings. The number of carboxylic acid groups (broad SMARTS) is 1. The van der Waals surface area contributed by atoms with E-state index in [9.17, 15) is 19.5 Å². The molecule has 29 heavy (non-hydrogen) atoms. The molecule has 7 nitrogen and oxygen atoms in total. The van der Waals surface area contributed by atoms with Gasteiger partial charge in [-0.05, 0) is 17.7 Å². The van der Waals surface area contributed by atoms with Gasteiger partial charge >= 0.3 is 5.97 Å². The van der Waals surface area contributed by atoms with Crippen LogP contribution >= 0.6 is 0 Å². The maximum atomic E-state index is 13.1. The van der Waals surface area contributed by atoms with Gasteiger partial charge in [0.15, 0.2) is 6.61 Å². The normalized spacial score (nSPS) is 18.3. The number of hydrogen-bond donors (Lipinski definition) is 1. The van der Waals surface area contributed by atoms with Gasteiger partial charge in [-0.15, -0.1) is 0 Å². The topological polar surface area (TPSA) is 87.2 Å². The molecule has 2 amide bonds. The fourth-order valence-electron chi connectivity index (χ4n) is 3.47. The van der Waals surface area contributed by atoms with E-state index in [0.717, 1.165) is 5.56 Å². The zero-order valence-corrected chi connectivity index (χ0v) is 16.4. The lowest BCUT2D eigenvalue weighted by Crippen LogP contribution is -2.31. The van der Waals surface area contributed by atoms with E-state index in [1.807, 2.05) is 30.3 Å². The zero-order chi connectivity index (χ0) is 21.0. The Kier molecular flexibility index (Phi) is 6.16. The monoisotopic (exact) mass is 396 g/mol. The van der Waals surface area contributed by atoms with E-state index in [-0.39, 0.29) is 30.9 Å². The maximum absolute atomic E-state index is 13.1. The number of ether oxygens (including phenoxy) is 1. The van der Waals surface area contributed by atoms with Gasteiger partial charge in [0.25, 0.3) is 11.8 Å². The summed E-state index contributed by atoms with van der Waals surface area (Å²) in [4.78, 5) is 39.7. The molecule has 7 heteroatoms. The number of carbonyl (C=O) groups excluding carboxylic acids is 2. The van der Waals surface area contributed by atoms with Gasteiger partial charge in [-0.3, -0.25) is 14.4 Å². The minimum absolute atomic E-state index is 0.124. The molecular formula is C22H24N2O5. The van der Waals surface area contributed by atoms with E-state index in [2.05, 4.69) is 0 Å². The molecule has 1 heterocycles. The van der Waals surface area contributed by atoms with E-state index < -0.39 is 11.9 Å². The summed E-state index contributed by atoms with van der Waals surface area (Å²) in [6.45, 7) is 0.255. The van der Waals surface area contributed by atoms with Crippen LogP contribution in [0.2, 0.25) is 0 Å². The fourth-order valence-corrected chi connectivity index (χ4v) is 3.47. The van der Waals surface area contributed by atoms with Gasteiger partial charge in [-0.2, -0.15) is 0 Å². The Balaban J connectivity index is 1.80. The highest BCUT2D eigenvalue weighted by atomic mass is 16.5. The second-order valence-electron chi connectivity index (χ2n) is 7.25. The number of carboxylic acids is 1. The van der Waals surface area contributed by atoms with Crippen molar-refractivity contribution in [1.82, 2.24) is 9.80 Å². The summed E-state index contributed by atoms with van der Waals surface area (Å²) in [5, 5.41) is 9.66. The maximum Gasteiger partial charge on any atom is 0.308 e. The van der Waals surface area contributed by atoms with Crippen molar-refractivity contribution in [3.63, 3.8) is 0 Å². The molecule has 2 atom stereocenters. The van der Waals surface area contributed by atoms with Crippen LogP contribution < -0.4 is 4.74 Å². The van der Waals surface area contributed by atoms with E-state index >= 15 is 0 Å². The Morgan fingerprint density at radius 2 is 1.69 bits per heavy atom. The van der Waals surface area contributed by atoms with Gasteiger partial charge in [-0.25, -0.2) is 0 Å². The second kappa shape index (κ2) is 8.77.